The van der Waals surface area contributed by atoms with Crippen LogP contribution in [-0.2, 0) is 16.6 Å². The van der Waals surface area contributed by atoms with Gasteiger partial charge in [-0.05, 0) is 51.3 Å². The fourth-order valence-electron chi connectivity index (χ4n) is 3.41. The second-order valence-corrected chi connectivity index (χ2v) is 10.5. The minimum absolute atomic E-state index is 0. The van der Waals surface area contributed by atoms with Gasteiger partial charge in [0.1, 0.15) is 0 Å². The minimum Gasteiger partial charge on any atom is -0.357 e. The topological polar surface area (TPSA) is 85.8 Å². The Hall–Kier alpha value is -0.620. The summed E-state index contributed by atoms with van der Waals surface area (Å²) in [5.74, 6) is 0.729. The highest BCUT2D eigenvalue weighted by atomic mass is 127. The van der Waals surface area contributed by atoms with Crippen LogP contribution in [0.4, 0.5) is 0 Å². The Morgan fingerprint density at radius 1 is 1.23 bits per heavy atom. The molecule has 0 amide bonds. The molecule has 1 saturated heterocycles. The molecule has 1 aliphatic heterocycles. The predicted molar refractivity (Wildman–Crippen MR) is 136 cm³/mol. The Morgan fingerprint density at radius 3 is 2.37 bits per heavy atom. The normalized spacial score (nSPS) is 16.8. The van der Waals surface area contributed by atoms with Crippen LogP contribution in [0, 0.1) is 0 Å². The van der Waals surface area contributed by atoms with Crippen molar-refractivity contribution in [2.24, 2.45) is 4.99 Å². The molecule has 1 aliphatic rings. The van der Waals surface area contributed by atoms with Gasteiger partial charge in [-0.2, -0.15) is 0 Å². The van der Waals surface area contributed by atoms with Crippen molar-refractivity contribution >= 4 is 51.6 Å². The summed E-state index contributed by atoms with van der Waals surface area (Å²) in [6.45, 7) is 9.75. The largest absolute Gasteiger partial charge is 0.357 e. The minimum atomic E-state index is -3.28. The van der Waals surface area contributed by atoms with Crippen LogP contribution in [0.5, 0.6) is 0 Å². The number of likely N-dealkylation sites (tertiary alicyclic amines) is 1. The highest BCUT2D eigenvalue weighted by molar-refractivity contribution is 14.0. The van der Waals surface area contributed by atoms with Crippen LogP contribution in [0.3, 0.4) is 0 Å². The van der Waals surface area contributed by atoms with Crippen LogP contribution in [-0.4, -0.2) is 63.3 Å². The molecule has 1 aromatic rings. The van der Waals surface area contributed by atoms with Crippen molar-refractivity contribution in [3.63, 3.8) is 0 Å². The van der Waals surface area contributed by atoms with E-state index < -0.39 is 15.6 Å². The maximum Gasteiger partial charge on any atom is 0.209 e. The molecule has 10 heteroatoms. The molecule has 2 rings (SSSR count). The highest BCUT2D eigenvalue weighted by Gasteiger charge is 2.23. The van der Waals surface area contributed by atoms with E-state index in [0.29, 0.717) is 12.6 Å². The van der Waals surface area contributed by atoms with E-state index in [4.69, 9.17) is 11.6 Å². The molecular formula is C20H35ClIN5O2S. The molecule has 0 spiro atoms. The SMILES string of the molecule is CCNC(=NCC(C)(C)NS(C)(=O)=O)NC1CCN(Cc2ccc(Cl)cc2)CC1.I. The number of hydrogen-bond acceptors (Lipinski definition) is 4. The lowest BCUT2D eigenvalue weighted by atomic mass is 10.0. The molecule has 3 N–H and O–H groups in total. The Kier molecular flexibility index (Phi) is 11.4. The Bertz CT molecular complexity index is 779. The van der Waals surface area contributed by atoms with Crippen molar-refractivity contribution in [1.82, 2.24) is 20.3 Å². The number of hydrogen-bond donors (Lipinski definition) is 3. The van der Waals surface area contributed by atoms with E-state index in [0.717, 1.165) is 50.0 Å². The van der Waals surface area contributed by atoms with Gasteiger partial charge < -0.3 is 10.6 Å². The second kappa shape index (κ2) is 12.4. The van der Waals surface area contributed by atoms with E-state index in [1.54, 1.807) is 0 Å². The maximum atomic E-state index is 11.5. The molecular weight excluding hydrogens is 537 g/mol. The second-order valence-electron chi connectivity index (χ2n) is 8.27. The molecule has 7 nitrogen and oxygen atoms in total. The van der Waals surface area contributed by atoms with Crippen molar-refractivity contribution in [1.29, 1.82) is 0 Å². The lowest BCUT2D eigenvalue weighted by Gasteiger charge is -2.33. The summed E-state index contributed by atoms with van der Waals surface area (Å²) < 4.78 is 25.6. The lowest BCUT2D eigenvalue weighted by Crippen LogP contribution is -2.50. The maximum absolute atomic E-state index is 11.5. The van der Waals surface area contributed by atoms with Gasteiger partial charge >= 0.3 is 0 Å². The van der Waals surface area contributed by atoms with Gasteiger partial charge in [0.25, 0.3) is 0 Å². The van der Waals surface area contributed by atoms with Crippen LogP contribution in [0.2, 0.25) is 5.02 Å². The number of halogens is 2. The van der Waals surface area contributed by atoms with Crippen LogP contribution in [0.1, 0.15) is 39.2 Å². The van der Waals surface area contributed by atoms with Gasteiger partial charge in [-0.3, -0.25) is 9.89 Å². The Morgan fingerprint density at radius 2 is 1.83 bits per heavy atom. The summed E-state index contributed by atoms with van der Waals surface area (Å²) in [5, 5.41) is 7.52. The number of guanidine groups is 1. The quantitative estimate of drug-likeness (QED) is 0.254. The molecule has 0 aliphatic carbocycles. The molecule has 0 atom stereocenters. The van der Waals surface area contributed by atoms with Gasteiger partial charge in [0.05, 0.1) is 12.8 Å². The first-order chi connectivity index (χ1) is 13.6. The number of nitrogens with one attached hydrogen (secondary N) is 3. The molecule has 0 radical (unpaired) electrons. The molecule has 0 saturated carbocycles. The van der Waals surface area contributed by atoms with E-state index in [2.05, 4.69) is 37.4 Å². The van der Waals surface area contributed by atoms with Gasteiger partial charge in [-0.15, -0.1) is 24.0 Å². The standard InChI is InChI=1S/C20H34ClN5O2S.HI/c1-5-22-19(23-15-20(2,3)25-29(4,27)28)24-18-10-12-26(13-11-18)14-16-6-8-17(21)9-7-16;/h6-9,18,25H,5,10-15H2,1-4H3,(H2,22,23,24);1H. The molecule has 1 heterocycles. The lowest BCUT2D eigenvalue weighted by molar-refractivity contribution is 0.198. The Balaban J connectivity index is 0.00000450. The smallest absolute Gasteiger partial charge is 0.209 e. The van der Waals surface area contributed by atoms with Gasteiger partial charge in [-0.25, -0.2) is 13.1 Å². The van der Waals surface area contributed by atoms with E-state index >= 15 is 0 Å². The van der Waals surface area contributed by atoms with Crippen LogP contribution < -0.4 is 15.4 Å². The summed E-state index contributed by atoms with van der Waals surface area (Å²) in [6, 6.07) is 8.37. The van der Waals surface area contributed by atoms with Crippen molar-refractivity contribution in [2.45, 2.75) is 51.7 Å². The summed E-state index contributed by atoms with van der Waals surface area (Å²) >= 11 is 5.96. The predicted octanol–water partition coefficient (Wildman–Crippen LogP) is 2.81. The average Bonchev–Trinajstić information content (AvgIpc) is 2.61. The summed E-state index contributed by atoms with van der Waals surface area (Å²) in [5.41, 5.74) is 0.633. The number of aliphatic imine (C=N–C) groups is 1. The first-order valence-corrected chi connectivity index (χ1v) is 12.3. The molecule has 30 heavy (non-hydrogen) atoms. The van der Waals surface area contributed by atoms with Crippen molar-refractivity contribution < 1.29 is 8.42 Å². The third-order valence-corrected chi connectivity index (χ3v) is 5.86. The van der Waals surface area contributed by atoms with Crippen LogP contribution in [0.15, 0.2) is 29.3 Å². The highest BCUT2D eigenvalue weighted by Crippen LogP contribution is 2.16. The third kappa shape index (κ3) is 10.6. The van der Waals surface area contributed by atoms with E-state index in [-0.39, 0.29) is 24.0 Å². The number of sulfonamides is 1. The average molecular weight is 572 g/mol. The van der Waals surface area contributed by atoms with E-state index in [1.165, 1.54) is 11.8 Å². The molecule has 1 aromatic carbocycles. The Labute approximate surface area is 203 Å². The van der Waals surface area contributed by atoms with Crippen LogP contribution in [0.25, 0.3) is 0 Å². The first-order valence-electron chi connectivity index (χ1n) is 10.1. The number of rotatable bonds is 8. The summed E-state index contributed by atoms with van der Waals surface area (Å²) in [4.78, 5) is 7.05. The van der Waals surface area contributed by atoms with Crippen molar-refractivity contribution in [3.8, 4) is 0 Å². The van der Waals surface area contributed by atoms with Gasteiger partial charge in [-0.1, -0.05) is 23.7 Å². The summed E-state index contributed by atoms with van der Waals surface area (Å²) in [6.07, 6.45) is 3.23. The zero-order valence-corrected chi connectivity index (χ0v) is 22.1. The monoisotopic (exact) mass is 571 g/mol. The van der Waals surface area contributed by atoms with Gasteiger partial charge in [0.15, 0.2) is 5.96 Å². The number of nitrogens with zero attached hydrogens (tertiary/aromatic N) is 2. The van der Waals surface area contributed by atoms with Gasteiger partial charge in [0.2, 0.25) is 10.0 Å². The molecule has 1 fully saturated rings. The number of piperidine rings is 1. The zero-order valence-electron chi connectivity index (χ0n) is 18.2. The first kappa shape index (κ1) is 27.4. The van der Waals surface area contributed by atoms with Gasteiger partial charge in [0, 0.05) is 42.8 Å². The molecule has 0 aromatic heterocycles. The molecule has 0 unspecified atom stereocenters. The van der Waals surface area contributed by atoms with E-state index in [1.807, 2.05) is 32.9 Å². The zero-order chi connectivity index (χ0) is 21.5. The van der Waals surface area contributed by atoms with E-state index in [9.17, 15) is 8.42 Å². The van der Waals surface area contributed by atoms with Crippen LogP contribution >= 0.6 is 35.6 Å². The third-order valence-electron chi connectivity index (χ3n) is 4.69. The molecule has 172 valence electrons. The fraction of sp³-hybridized carbons (Fsp3) is 0.650. The molecule has 0 bridgehead atoms. The van der Waals surface area contributed by atoms with Crippen molar-refractivity contribution in [3.05, 3.63) is 34.9 Å². The summed E-state index contributed by atoms with van der Waals surface area (Å²) in [7, 11) is -3.28. The van der Waals surface area contributed by atoms with Crippen molar-refractivity contribution in [2.75, 3.05) is 32.4 Å². The number of benzene rings is 1. The fourth-order valence-corrected chi connectivity index (χ4v) is 4.60.